The first-order valence-electron chi connectivity index (χ1n) is 6.38. The summed E-state index contributed by atoms with van der Waals surface area (Å²) in [5.74, 6) is -0.683. The number of hydrogen-bond acceptors (Lipinski definition) is 3. The zero-order valence-corrected chi connectivity index (χ0v) is 11.0. The Balaban J connectivity index is 1.67. The largest absolute Gasteiger partial charge is 0.467 e. The van der Waals surface area contributed by atoms with Gasteiger partial charge in [0.05, 0.1) is 12.8 Å². The molecule has 0 spiro atoms. The first-order chi connectivity index (χ1) is 9.75. The summed E-state index contributed by atoms with van der Waals surface area (Å²) in [6.07, 6.45) is 2.21. The SMILES string of the molecule is O=C(NCCc1ccccc1)C(=O)NCc1ccco1. The molecule has 0 unspecified atom stereocenters. The van der Waals surface area contributed by atoms with Crippen LogP contribution in [0.2, 0.25) is 0 Å². The predicted molar refractivity (Wildman–Crippen MR) is 73.7 cm³/mol. The van der Waals surface area contributed by atoms with Gasteiger partial charge in [0, 0.05) is 6.54 Å². The molecule has 104 valence electrons. The molecule has 2 N–H and O–H groups in total. The second-order valence-corrected chi connectivity index (χ2v) is 4.25. The van der Waals surface area contributed by atoms with Crippen LogP contribution in [-0.2, 0) is 22.6 Å². The molecule has 5 nitrogen and oxygen atoms in total. The van der Waals surface area contributed by atoms with Crippen LogP contribution in [0.3, 0.4) is 0 Å². The van der Waals surface area contributed by atoms with Crippen molar-refractivity contribution < 1.29 is 14.0 Å². The van der Waals surface area contributed by atoms with Crippen molar-refractivity contribution in [1.82, 2.24) is 10.6 Å². The van der Waals surface area contributed by atoms with Crippen LogP contribution < -0.4 is 10.6 Å². The summed E-state index contributed by atoms with van der Waals surface area (Å²) in [7, 11) is 0. The van der Waals surface area contributed by atoms with Crippen molar-refractivity contribution in [2.24, 2.45) is 0 Å². The highest BCUT2D eigenvalue weighted by Gasteiger charge is 2.12. The van der Waals surface area contributed by atoms with Crippen molar-refractivity contribution >= 4 is 11.8 Å². The third-order valence-electron chi connectivity index (χ3n) is 2.75. The molecule has 2 amide bonds. The minimum atomic E-state index is -0.658. The molecule has 20 heavy (non-hydrogen) atoms. The second kappa shape index (κ2) is 7.13. The lowest BCUT2D eigenvalue weighted by atomic mass is 10.1. The molecular weight excluding hydrogens is 256 g/mol. The lowest BCUT2D eigenvalue weighted by Gasteiger charge is -2.05. The average Bonchev–Trinajstić information content (AvgIpc) is 2.99. The maximum atomic E-state index is 11.5. The fourth-order valence-corrected chi connectivity index (χ4v) is 1.71. The van der Waals surface area contributed by atoms with Gasteiger partial charge in [-0.2, -0.15) is 0 Å². The molecular formula is C15H16N2O3. The highest BCUT2D eigenvalue weighted by molar-refractivity contribution is 6.35. The maximum Gasteiger partial charge on any atom is 0.309 e. The molecule has 0 aliphatic heterocycles. The number of hydrogen-bond donors (Lipinski definition) is 2. The summed E-state index contributed by atoms with van der Waals surface area (Å²) in [6.45, 7) is 0.634. The van der Waals surface area contributed by atoms with Crippen LogP contribution in [0.5, 0.6) is 0 Å². The molecule has 0 fully saturated rings. The molecule has 0 atom stereocenters. The molecule has 5 heteroatoms. The Kier molecular flexibility index (Phi) is 4.94. The highest BCUT2D eigenvalue weighted by atomic mass is 16.3. The van der Waals surface area contributed by atoms with Crippen LogP contribution in [0.4, 0.5) is 0 Å². The van der Waals surface area contributed by atoms with E-state index in [4.69, 9.17) is 4.42 Å². The number of amides is 2. The quantitative estimate of drug-likeness (QED) is 0.805. The Bertz CT molecular complexity index is 550. The van der Waals surface area contributed by atoms with Gasteiger partial charge in [0.25, 0.3) is 0 Å². The van der Waals surface area contributed by atoms with Crippen LogP contribution in [0.15, 0.2) is 53.1 Å². The van der Waals surface area contributed by atoms with Crippen molar-refractivity contribution in [2.45, 2.75) is 13.0 Å². The van der Waals surface area contributed by atoms with E-state index in [0.29, 0.717) is 18.7 Å². The zero-order valence-electron chi connectivity index (χ0n) is 11.0. The Morgan fingerprint density at radius 1 is 0.950 bits per heavy atom. The molecule has 0 saturated heterocycles. The monoisotopic (exact) mass is 272 g/mol. The van der Waals surface area contributed by atoms with Crippen LogP contribution in [0.25, 0.3) is 0 Å². The number of carbonyl (C=O) groups excluding carboxylic acids is 2. The van der Waals surface area contributed by atoms with Crippen molar-refractivity contribution in [3.63, 3.8) is 0 Å². The van der Waals surface area contributed by atoms with Crippen LogP contribution >= 0.6 is 0 Å². The van der Waals surface area contributed by atoms with Gasteiger partial charge < -0.3 is 15.1 Å². The summed E-state index contributed by atoms with van der Waals surface area (Å²) in [5.41, 5.74) is 1.11. The highest BCUT2D eigenvalue weighted by Crippen LogP contribution is 1.99. The Hall–Kier alpha value is -2.56. The molecule has 0 bridgehead atoms. The lowest BCUT2D eigenvalue weighted by Crippen LogP contribution is -2.40. The molecule has 0 aliphatic rings. The first-order valence-corrected chi connectivity index (χ1v) is 6.38. The summed E-state index contributed by atoms with van der Waals surface area (Å²) < 4.78 is 5.06. The fourth-order valence-electron chi connectivity index (χ4n) is 1.71. The Labute approximate surface area is 117 Å². The van der Waals surface area contributed by atoms with Crippen molar-refractivity contribution in [3.05, 3.63) is 60.1 Å². The van der Waals surface area contributed by atoms with E-state index < -0.39 is 11.8 Å². The van der Waals surface area contributed by atoms with E-state index in [1.165, 1.54) is 6.26 Å². The van der Waals surface area contributed by atoms with E-state index in [0.717, 1.165) is 5.56 Å². The molecule has 2 aromatic rings. The van der Waals surface area contributed by atoms with Gasteiger partial charge in [-0.25, -0.2) is 0 Å². The molecule has 0 radical (unpaired) electrons. The van der Waals surface area contributed by atoms with Gasteiger partial charge >= 0.3 is 11.8 Å². The minimum absolute atomic E-state index is 0.206. The van der Waals surface area contributed by atoms with Crippen molar-refractivity contribution in [3.8, 4) is 0 Å². The number of furan rings is 1. The van der Waals surface area contributed by atoms with Gasteiger partial charge in [-0.1, -0.05) is 30.3 Å². The van der Waals surface area contributed by atoms with Crippen molar-refractivity contribution in [2.75, 3.05) is 6.54 Å². The molecule has 1 heterocycles. The molecule has 0 saturated carbocycles. The molecule has 1 aromatic carbocycles. The smallest absolute Gasteiger partial charge is 0.309 e. The number of carbonyl (C=O) groups is 2. The second-order valence-electron chi connectivity index (χ2n) is 4.25. The van der Waals surface area contributed by atoms with Crippen LogP contribution in [-0.4, -0.2) is 18.4 Å². The van der Waals surface area contributed by atoms with Crippen LogP contribution in [0.1, 0.15) is 11.3 Å². The zero-order chi connectivity index (χ0) is 14.2. The fraction of sp³-hybridized carbons (Fsp3) is 0.200. The summed E-state index contributed by atoms with van der Waals surface area (Å²) in [4.78, 5) is 23.1. The van der Waals surface area contributed by atoms with Gasteiger partial charge in [0.2, 0.25) is 0 Å². The van der Waals surface area contributed by atoms with E-state index in [2.05, 4.69) is 10.6 Å². The standard InChI is InChI=1S/C15H16N2O3/c18-14(15(19)17-11-13-7-4-10-20-13)16-9-8-12-5-2-1-3-6-12/h1-7,10H,8-9,11H2,(H,16,18)(H,17,19). The Morgan fingerprint density at radius 3 is 2.40 bits per heavy atom. The summed E-state index contributed by atoms with van der Waals surface area (Å²) in [5, 5.41) is 5.07. The number of benzene rings is 1. The van der Waals surface area contributed by atoms with E-state index in [9.17, 15) is 9.59 Å². The Morgan fingerprint density at radius 2 is 1.70 bits per heavy atom. The molecule has 0 aliphatic carbocycles. The maximum absolute atomic E-state index is 11.5. The third-order valence-corrected chi connectivity index (χ3v) is 2.75. The summed E-state index contributed by atoms with van der Waals surface area (Å²) >= 11 is 0. The normalized spacial score (nSPS) is 10.0. The van der Waals surface area contributed by atoms with Gasteiger partial charge in [0.1, 0.15) is 5.76 Å². The number of nitrogens with one attached hydrogen (secondary N) is 2. The topological polar surface area (TPSA) is 71.3 Å². The van der Waals surface area contributed by atoms with Gasteiger partial charge in [-0.15, -0.1) is 0 Å². The first kappa shape index (κ1) is 13.9. The van der Waals surface area contributed by atoms with Crippen LogP contribution in [0, 0.1) is 0 Å². The number of rotatable bonds is 5. The minimum Gasteiger partial charge on any atom is -0.467 e. The van der Waals surface area contributed by atoms with E-state index >= 15 is 0 Å². The molecule has 2 rings (SSSR count). The van der Waals surface area contributed by atoms with Gasteiger partial charge in [-0.3, -0.25) is 9.59 Å². The molecule has 1 aromatic heterocycles. The lowest BCUT2D eigenvalue weighted by molar-refractivity contribution is -0.139. The van der Waals surface area contributed by atoms with Gasteiger partial charge in [-0.05, 0) is 24.1 Å². The van der Waals surface area contributed by atoms with E-state index in [1.54, 1.807) is 12.1 Å². The van der Waals surface area contributed by atoms with Gasteiger partial charge in [0.15, 0.2) is 0 Å². The predicted octanol–water partition coefficient (Wildman–Crippen LogP) is 1.25. The average molecular weight is 272 g/mol. The van der Waals surface area contributed by atoms with E-state index in [-0.39, 0.29) is 6.54 Å². The third kappa shape index (κ3) is 4.28. The van der Waals surface area contributed by atoms with Crippen molar-refractivity contribution in [1.29, 1.82) is 0 Å². The summed E-state index contributed by atoms with van der Waals surface area (Å²) in [6, 6.07) is 13.2. The van der Waals surface area contributed by atoms with E-state index in [1.807, 2.05) is 30.3 Å².